The van der Waals surface area contributed by atoms with E-state index in [1.54, 1.807) is 0 Å². The van der Waals surface area contributed by atoms with E-state index in [0.717, 1.165) is 6.42 Å². The van der Waals surface area contributed by atoms with Gasteiger partial charge in [-0.25, -0.2) is 0 Å². The highest BCUT2D eigenvalue weighted by Gasteiger charge is 2.32. The third-order valence-corrected chi connectivity index (χ3v) is 3.97. The number of hydrogen-bond acceptors (Lipinski definition) is 1. The number of aliphatic hydroxyl groups excluding tert-OH is 1. The number of aliphatic hydroxyl groups is 1. The molecule has 1 heteroatoms. The Balaban J connectivity index is 2.47. The standard InChI is InChI=1S/C12H24O/c1-9(2)12(3,4)8-10-6-5-7-11(10)13/h9-11,13H,5-8H2,1-4H3/t10-,11+/m0/s1. The molecule has 0 bridgehead atoms. The summed E-state index contributed by atoms with van der Waals surface area (Å²) in [5, 5.41) is 9.73. The average Bonchev–Trinajstić information content (AvgIpc) is 2.35. The van der Waals surface area contributed by atoms with Crippen molar-refractivity contribution in [1.82, 2.24) is 0 Å². The molecule has 0 aromatic heterocycles. The van der Waals surface area contributed by atoms with Gasteiger partial charge in [-0.05, 0) is 36.5 Å². The van der Waals surface area contributed by atoms with E-state index in [1.807, 2.05) is 0 Å². The van der Waals surface area contributed by atoms with E-state index in [-0.39, 0.29) is 6.10 Å². The molecular formula is C12H24O. The minimum absolute atomic E-state index is 0.0157. The van der Waals surface area contributed by atoms with Gasteiger partial charge >= 0.3 is 0 Å². The minimum atomic E-state index is -0.0157. The molecule has 0 spiro atoms. The molecule has 1 saturated carbocycles. The lowest BCUT2D eigenvalue weighted by Gasteiger charge is -2.33. The van der Waals surface area contributed by atoms with Crippen LogP contribution in [0.25, 0.3) is 0 Å². The van der Waals surface area contributed by atoms with Crippen molar-refractivity contribution in [3.63, 3.8) is 0 Å². The zero-order valence-electron chi connectivity index (χ0n) is 9.51. The Hall–Kier alpha value is -0.0400. The third-order valence-electron chi connectivity index (χ3n) is 3.97. The zero-order valence-corrected chi connectivity index (χ0v) is 9.51. The van der Waals surface area contributed by atoms with Crippen LogP contribution in [0.3, 0.4) is 0 Å². The molecule has 1 aliphatic rings. The van der Waals surface area contributed by atoms with Gasteiger partial charge in [-0.2, -0.15) is 0 Å². The molecule has 0 saturated heterocycles. The Morgan fingerprint density at radius 2 is 1.92 bits per heavy atom. The molecule has 1 N–H and O–H groups in total. The largest absolute Gasteiger partial charge is 0.393 e. The Morgan fingerprint density at radius 3 is 2.31 bits per heavy atom. The van der Waals surface area contributed by atoms with Gasteiger partial charge in [0.1, 0.15) is 0 Å². The molecule has 78 valence electrons. The van der Waals surface area contributed by atoms with Gasteiger partial charge in [0.25, 0.3) is 0 Å². The predicted octanol–water partition coefficient (Wildman–Crippen LogP) is 3.22. The molecule has 0 aromatic rings. The van der Waals surface area contributed by atoms with Crippen LogP contribution in [-0.2, 0) is 0 Å². The molecule has 13 heavy (non-hydrogen) atoms. The topological polar surface area (TPSA) is 20.2 Å². The van der Waals surface area contributed by atoms with Crippen LogP contribution in [0.1, 0.15) is 53.4 Å². The molecule has 1 fully saturated rings. The van der Waals surface area contributed by atoms with Crippen molar-refractivity contribution in [3.05, 3.63) is 0 Å². The van der Waals surface area contributed by atoms with Gasteiger partial charge in [-0.3, -0.25) is 0 Å². The Kier molecular flexibility index (Phi) is 3.39. The van der Waals surface area contributed by atoms with Crippen LogP contribution in [0.5, 0.6) is 0 Å². The summed E-state index contributed by atoms with van der Waals surface area (Å²) in [4.78, 5) is 0. The lowest BCUT2D eigenvalue weighted by atomic mass is 9.73. The fourth-order valence-corrected chi connectivity index (χ4v) is 2.17. The average molecular weight is 184 g/mol. The van der Waals surface area contributed by atoms with Gasteiger partial charge in [-0.15, -0.1) is 0 Å². The molecule has 1 rings (SSSR count). The van der Waals surface area contributed by atoms with Crippen LogP contribution >= 0.6 is 0 Å². The maximum atomic E-state index is 9.73. The molecule has 0 heterocycles. The second kappa shape index (κ2) is 4.00. The van der Waals surface area contributed by atoms with E-state index in [2.05, 4.69) is 27.7 Å². The highest BCUT2D eigenvalue weighted by Crippen LogP contribution is 2.39. The molecule has 0 aromatic carbocycles. The minimum Gasteiger partial charge on any atom is -0.393 e. The summed E-state index contributed by atoms with van der Waals surface area (Å²) < 4.78 is 0. The molecule has 0 aliphatic heterocycles. The highest BCUT2D eigenvalue weighted by atomic mass is 16.3. The van der Waals surface area contributed by atoms with Crippen molar-refractivity contribution in [1.29, 1.82) is 0 Å². The first-order valence-electron chi connectivity index (χ1n) is 5.61. The van der Waals surface area contributed by atoms with Crippen molar-refractivity contribution < 1.29 is 5.11 Å². The van der Waals surface area contributed by atoms with Gasteiger partial charge in [-0.1, -0.05) is 34.1 Å². The summed E-state index contributed by atoms with van der Waals surface area (Å²) in [5.41, 5.74) is 0.385. The third kappa shape index (κ3) is 2.70. The first-order chi connectivity index (χ1) is 5.93. The monoisotopic (exact) mass is 184 g/mol. The van der Waals surface area contributed by atoms with Crippen LogP contribution < -0.4 is 0 Å². The summed E-state index contributed by atoms with van der Waals surface area (Å²) in [5.74, 6) is 1.28. The van der Waals surface area contributed by atoms with E-state index < -0.39 is 0 Å². The fraction of sp³-hybridized carbons (Fsp3) is 1.00. The van der Waals surface area contributed by atoms with Crippen LogP contribution in [0.2, 0.25) is 0 Å². The SMILES string of the molecule is CC(C)C(C)(C)C[C@@H]1CCC[C@H]1O. The van der Waals surface area contributed by atoms with E-state index in [1.165, 1.54) is 19.3 Å². The predicted molar refractivity (Wildman–Crippen MR) is 56.6 cm³/mol. The molecule has 0 unspecified atom stereocenters. The van der Waals surface area contributed by atoms with Gasteiger partial charge in [0.2, 0.25) is 0 Å². The summed E-state index contributed by atoms with van der Waals surface area (Å²) in [7, 11) is 0. The van der Waals surface area contributed by atoms with E-state index in [9.17, 15) is 5.11 Å². The molecular weight excluding hydrogens is 160 g/mol. The number of rotatable bonds is 3. The molecule has 1 nitrogen and oxygen atoms in total. The molecule has 0 radical (unpaired) electrons. The maximum Gasteiger partial charge on any atom is 0.0568 e. The van der Waals surface area contributed by atoms with Gasteiger partial charge in [0.05, 0.1) is 6.10 Å². The second-order valence-corrected chi connectivity index (χ2v) is 5.61. The zero-order chi connectivity index (χ0) is 10.1. The second-order valence-electron chi connectivity index (χ2n) is 5.61. The fourth-order valence-electron chi connectivity index (χ4n) is 2.17. The van der Waals surface area contributed by atoms with Crippen LogP contribution in [0, 0.1) is 17.3 Å². The lowest BCUT2D eigenvalue weighted by molar-refractivity contribution is 0.0860. The normalized spacial score (nSPS) is 30.0. The molecule has 1 aliphatic carbocycles. The van der Waals surface area contributed by atoms with Crippen molar-refractivity contribution in [2.45, 2.75) is 59.5 Å². The van der Waals surface area contributed by atoms with E-state index in [4.69, 9.17) is 0 Å². The Labute approximate surface area is 82.5 Å². The van der Waals surface area contributed by atoms with Crippen molar-refractivity contribution in [2.24, 2.45) is 17.3 Å². The van der Waals surface area contributed by atoms with Crippen molar-refractivity contribution >= 4 is 0 Å². The van der Waals surface area contributed by atoms with Crippen LogP contribution in [0.15, 0.2) is 0 Å². The molecule has 0 amide bonds. The van der Waals surface area contributed by atoms with Gasteiger partial charge in [0.15, 0.2) is 0 Å². The van der Waals surface area contributed by atoms with Crippen LogP contribution in [0.4, 0.5) is 0 Å². The summed E-state index contributed by atoms with van der Waals surface area (Å²) >= 11 is 0. The van der Waals surface area contributed by atoms with Gasteiger partial charge in [0, 0.05) is 0 Å². The molecule has 2 atom stereocenters. The smallest absolute Gasteiger partial charge is 0.0568 e. The van der Waals surface area contributed by atoms with Crippen molar-refractivity contribution in [2.75, 3.05) is 0 Å². The van der Waals surface area contributed by atoms with Crippen LogP contribution in [-0.4, -0.2) is 11.2 Å². The quantitative estimate of drug-likeness (QED) is 0.714. The number of hydrogen-bond donors (Lipinski definition) is 1. The van der Waals surface area contributed by atoms with Gasteiger partial charge < -0.3 is 5.11 Å². The lowest BCUT2D eigenvalue weighted by Crippen LogP contribution is -2.26. The summed E-state index contributed by atoms with van der Waals surface area (Å²) in [6, 6.07) is 0. The first-order valence-corrected chi connectivity index (χ1v) is 5.61. The Morgan fingerprint density at radius 1 is 1.31 bits per heavy atom. The van der Waals surface area contributed by atoms with Crippen molar-refractivity contribution in [3.8, 4) is 0 Å². The highest BCUT2D eigenvalue weighted by molar-refractivity contribution is 4.83. The first kappa shape index (κ1) is 11.0. The summed E-state index contributed by atoms with van der Waals surface area (Å²) in [6.07, 6.45) is 4.65. The van der Waals surface area contributed by atoms with E-state index >= 15 is 0 Å². The van der Waals surface area contributed by atoms with E-state index in [0.29, 0.717) is 17.3 Å². The maximum absolute atomic E-state index is 9.73. The summed E-state index contributed by atoms with van der Waals surface area (Å²) in [6.45, 7) is 9.20. The Bertz CT molecular complexity index is 161.